The molecule has 6 nitrogen and oxygen atoms in total. The molecule has 2 aromatic heterocycles. The molecule has 0 amide bonds. The number of rotatable bonds is 6. The van der Waals surface area contributed by atoms with Crippen molar-refractivity contribution in [1.29, 1.82) is 0 Å². The molecule has 0 aromatic carbocycles. The van der Waals surface area contributed by atoms with Crippen LogP contribution < -0.4 is 0 Å². The zero-order valence-corrected chi connectivity index (χ0v) is 16.5. The minimum absolute atomic E-state index is 0.305. The number of fused-ring (bicyclic) bond motifs is 1. The van der Waals surface area contributed by atoms with Crippen LogP contribution in [0.15, 0.2) is 24.8 Å². The number of nitrogens with zero attached hydrogens (tertiary/aromatic N) is 5. The second kappa shape index (κ2) is 7.06. The summed E-state index contributed by atoms with van der Waals surface area (Å²) >= 11 is 0. The van der Waals surface area contributed by atoms with E-state index in [-0.39, 0.29) is 0 Å². The Balaban J connectivity index is 1.29. The molecule has 1 aliphatic heterocycles. The van der Waals surface area contributed by atoms with E-state index in [9.17, 15) is 0 Å². The summed E-state index contributed by atoms with van der Waals surface area (Å²) in [5.74, 6) is 3.45. The molecular weight excluding hydrogens is 338 g/mol. The van der Waals surface area contributed by atoms with Gasteiger partial charge in [-0.05, 0) is 55.9 Å². The van der Waals surface area contributed by atoms with Crippen molar-refractivity contribution in [3.8, 4) is 0 Å². The molecule has 0 radical (unpaired) electrons. The van der Waals surface area contributed by atoms with Gasteiger partial charge in [0.15, 0.2) is 0 Å². The minimum Gasteiger partial charge on any atom is -0.376 e. The lowest BCUT2D eigenvalue weighted by Gasteiger charge is -2.38. The van der Waals surface area contributed by atoms with E-state index in [4.69, 9.17) is 4.74 Å². The van der Waals surface area contributed by atoms with E-state index in [1.165, 1.54) is 37.9 Å². The number of imidazole rings is 1. The van der Waals surface area contributed by atoms with Crippen LogP contribution in [-0.2, 0) is 18.3 Å². The fraction of sp³-hybridized carbons (Fsp3) is 0.714. The Morgan fingerprint density at radius 1 is 1.19 bits per heavy atom. The Morgan fingerprint density at radius 3 is 2.67 bits per heavy atom. The fourth-order valence-corrected chi connectivity index (χ4v) is 4.98. The first-order valence-electron chi connectivity index (χ1n) is 10.5. The molecule has 3 fully saturated rings. The van der Waals surface area contributed by atoms with Gasteiger partial charge in [-0.3, -0.25) is 9.58 Å². The number of hydrogen-bond donors (Lipinski definition) is 0. The van der Waals surface area contributed by atoms with Gasteiger partial charge >= 0.3 is 0 Å². The number of aryl methyl sites for hydroxylation is 2. The molecule has 2 aliphatic carbocycles. The average molecular weight is 370 g/mol. The largest absolute Gasteiger partial charge is 0.376 e. The summed E-state index contributed by atoms with van der Waals surface area (Å²) in [5.41, 5.74) is 1.24. The summed E-state index contributed by atoms with van der Waals surface area (Å²) in [6, 6.07) is 0.381. The van der Waals surface area contributed by atoms with Crippen LogP contribution in [0, 0.1) is 24.7 Å². The smallest absolute Gasteiger partial charge is 0.122 e. The molecule has 1 saturated heterocycles. The maximum Gasteiger partial charge on any atom is 0.122 e. The Kier molecular flexibility index (Phi) is 4.56. The van der Waals surface area contributed by atoms with E-state index in [0.29, 0.717) is 12.1 Å². The summed E-state index contributed by atoms with van der Waals surface area (Å²) < 4.78 is 10.8. The zero-order chi connectivity index (χ0) is 18.4. The monoisotopic (exact) mass is 369 g/mol. The van der Waals surface area contributed by atoms with Crippen LogP contribution in [0.3, 0.4) is 0 Å². The number of hydrogen-bond acceptors (Lipinski definition) is 4. The molecule has 146 valence electrons. The van der Waals surface area contributed by atoms with Crippen molar-refractivity contribution in [2.45, 2.75) is 51.3 Å². The van der Waals surface area contributed by atoms with Gasteiger partial charge in [0.25, 0.3) is 0 Å². The molecule has 2 aromatic rings. The molecule has 27 heavy (non-hydrogen) atoms. The van der Waals surface area contributed by atoms with Crippen LogP contribution in [0.2, 0.25) is 0 Å². The van der Waals surface area contributed by atoms with Crippen molar-refractivity contribution in [2.24, 2.45) is 24.8 Å². The summed E-state index contributed by atoms with van der Waals surface area (Å²) in [5, 5.41) is 4.65. The van der Waals surface area contributed by atoms with Crippen LogP contribution >= 0.6 is 0 Å². The average Bonchev–Trinajstić information content (AvgIpc) is 3.02. The Bertz CT molecular complexity index is 779. The van der Waals surface area contributed by atoms with Gasteiger partial charge in [-0.25, -0.2) is 4.98 Å². The van der Waals surface area contributed by atoms with E-state index in [0.717, 1.165) is 43.2 Å². The predicted octanol–water partition coefficient (Wildman–Crippen LogP) is 2.80. The van der Waals surface area contributed by atoms with Crippen molar-refractivity contribution in [1.82, 2.24) is 24.2 Å². The van der Waals surface area contributed by atoms with Crippen molar-refractivity contribution >= 4 is 0 Å². The van der Waals surface area contributed by atoms with Crippen LogP contribution in [0.25, 0.3) is 0 Å². The van der Waals surface area contributed by atoms with Crippen LogP contribution in [-0.4, -0.2) is 50.0 Å². The van der Waals surface area contributed by atoms with Gasteiger partial charge in [0.05, 0.1) is 24.9 Å². The normalized spacial score (nSPS) is 31.3. The fourth-order valence-electron chi connectivity index (χ4n) is 4.98. The maximum absolute atomic E-state index is 6.46. The molecule has 6 heteroatoms. The zero-order valence-electron chi connectivity index (χ0n) is 16.5. The number of ether oxygens (including phenoxy) is 1. The summed E-state index contributed by atoms with van der Waals surface area (Å²) in [6.07, 6.45) is 13.5. The third-order valence-corrected chi connectivity index (χ3v) is 6.76. The minimum atomic E-state index is 0.305. The lowest BCUT2D eigenvalue weighted by molar-refractivity contribution is -0.0371. The van der Waals surface area contributed by atoms with Gasteiger partial charge in [0.1, 0.15) is 5.82 Å². The molecule has 3 aliphatic rings. The first kappa shape index (κ1) is 17.4. The molecule has 0 spiro atoms. The highest BCUT2D eigenvalue weighted by molar-refractivity contribution is 5.04. The van der Waals surface area contributed by atoms with Crippen molar-refractivity contribution < 1.29 is 4.74 Å². The molecule has 0 N–H and O–H groups in total. The molecule has 3 heterocycles. The highest BCUT2D eigenvalue weighted by Crippen LogP contribution is 2.43. The van der Waals surface area contributed by atoms with E-state index in [2.05, 4.69) is 44.4 Å². The lowest BCUT2D eigenvalue weighted by atomic mass is 9.77. The number of aromatic nitrogens is 4. The SMILES string of the molecule is Cc1cnn([C@H]2C[C@H]3CN(Cc4nccn4C)C[C@H]3C[C@@H]2OCC2CC2)c1. The molecule has 0 unspecified atom stereocenters. The maximum atomic E-state index is 6.46. The van der Waals surface area contributed by atoms with Gasteiger partial charge in [0.2, 0.25) is 0 Å². The topological polar surface area (TPSA) is 48.1 Å². The lowest BCUT2D eigenvalue weighted by Crippen LogP contribution is -2.38. The molecular formula is C21H31N5O. The van der Waals surface area contributed by atoms with E-state index in [1.54, 1.807) is 0 Å². The second-order valence-corrected chi connectivity index (χ2v) is 9.02. The molecule has 5 rings (SSSR count). The standard InChI is InChI=1S/C21H31N5O/c1-15-9-23-26(10-15)19-7-17-11-25(13-21-22-5-6-24(21)2)12-18(17)8-20(19)27-14-16-3-4-16/h5-6,9-10,16-20H,3-4,7-8,11-14H2,1-2H3/t17-,18+,19-,20-/m0/s1. The van der Waals surface area contributed by atoms with Crippen LogP contribution in [0.5, 0.6) is 0 Å². The Hall–Kier alpha value is -1.66. The van der Waals surface area contributed by atoms with E-state index in [1.807, 2.05) is 18.6 Å². The summed E-state index contributed by atoms with van der Waals surface area (Å²) in [7, 11) is 2.09. The number of likely N-dealkylation sites (tertiary alicyclic amines) is 1. The van der Waals surface area contributed by atoms with Crippen molar-refractivity contribution in [3.05, 3.63) is 36.2 Å². The van der Waals surface area contributed by atoms with Gasteiger partial charge < -0.3 is 9.30 Å². The summed E-state index contributed by atoms with van der Waals surface area (Å²) in [4.78, 5) is 7.10. The highest BCUT2D eigenvalue weighted by atomic mass is 16.5. The first-order valence-corrected chi connectivity index (χ1v) is 10.5. The molecule has 0 bridgehead atoms. The van der Waals surface area contributed by atoms with E-state index >= 15 is 0 Å². The van der Waals surface area contributed by atoms with Crippen LogP contribution in [0.4, 0.5) is 0 Å². The Morgan fingerprint density at radius 2 is 2.00 bits per heavy atom. The molecule has 4 atom stereocenters. The quantitative estimate of drug-likeness (QED) is 0.786. The third-order valence-electron chi connectivity index (χ3n) is 6.76. The van der Waals surface area contributed by atoms with Crippen molar-refractivity contribution in [3.63, 3.8) is 0 Å². The van der Waals surface area contributed by atoms with Crippen molar-refractivity contribution in [2.75, 3.05) is 19.7 Å². The first-order chi connectivity index (χ1) is 13.2. The summed E-state index contributed by atoms with van der Waals surface area (Å²) in [6.45, 7) is 6.36. The molecule has 2 saturated carbocycles. The predicted molar refractivity (Wildman–Crippen MR) is 103 cm³/mol. The Labute approximate surface area is 161 Å². The van der Waals surface area contributed by atoms with E-state index < -0.39 is 0 Å². The highest BCUT2D eigenvalue weighted by Gasteiger charge is 2.44. The van der Waals surface area contributed by atoms with Gasteiger partial charge in [-0.2, -0.15) is 5.10 Å². The van der Waals surface area contributed by atoms with Gasteiger partial charge in [-0.1, -0.05) is 0 Å². The van der Waals surface area contributed by atoms with Gasteiger partial charge in [-0.15, -0.1) is 0 Å². The van der Waals surface area contributed by atoms with Gasteiger partial charge in [0, 0.05) is 45.3 Å². The third kappa shape index (κ3) is 3.69. The van der Waals surface area contributed by atoms with Crippen LogP contribution in [0.1, 0.15) is 43.1 Å². The second-order valence-electron chi connectivity index (χ2n) is 9.02.